The quantitative estimate of drug-likeness (QED) is 0.643. The first-order valence-electron chi connectivity index (χ1n) is 7.68. The average Bonchev–Trinajstić information content (AvgIpc) is 2.81. The Morgan fingerprint density at radius 1 is 1.27 bits per heavy atom. The summed E-state index contributed by atoms with van der Waals surface area (Å²) in [7, 11) is 0. The number of nitrogens with zero attached hydrogens (tertiary/aromatic N) is 1. The number of fused-ring (bicyclic) bond motifs is 1. The van der Waals surface area contributed by atoms with E-state index in [0.717, 1.165) is 0 Å². The molecule has 0 saturated carbocycles. The highest BCUT2D eigenvalue weighted by Crippen LogP contribution is 2.37. The van der Waals surface area contributed by atoms with E-state index in [2.05, 4.69) is 0 Å². The van der Waals surface area contributed by atoms with Crippen molar-refractivity contribution in [1.29, 1.82) is 0 Å². The molecule has 8 heteroatoms. The van der Waals surface area contributed by atoms with Crippen LogP contribution in [0.2, 0.25) is 5.02 Å². The molecule has 1 atom stereocenters. The molecule has 136 valence electrons. The van der Waals surface area contributed by atoms with Crippen LogP contribution in [-0.2, 0) is 28.2 Å². The van der Waals surface area contributed by atoms with Crippen molar-refractivity contribution in [2.75, 3.05) is 0 Å². The summed E-state index contributed by atoms with van der Waals surface area (Å²) in [5, 5.41) is 10.4. The summed E-state index contributed by atoms with van der Waals surface area (Å²) >= 11 is 3.67. The van der Waals surface area contributed by atoms with Gasteiger partial charge in [0.1, 0.15) is 12.3 Å². The molecule has 3 aromatic rings. The molecular weight excluding hydrogens is 378 g/mol. The number of aromatic nitrogens is 1. The van der Waals surface area contributed by atoms with Crippen LogP contribution in [0.1, 0.15) is 11.3 Å². The van der Waals surface area contributed by atoms with Crippen molar-refractivity contribution in [3.05, 3.63) is 58.7 Å². The average molecular weight is 393 g/mol. The summed E-state index contributed by atoms with van der Waals surface area (Å²) in [5.41, 5.74) is 1.89. The van der Waals surface area contributed by atoms with Gasteiger partial charge in [0.15, 0.2) is 5.75 Å². The van der Waals surface area contributed by atoms with Crippen molar-refractivity contribution in [2.24, 2.45) is 0 Å². The number of carboxylic acid groups (broad SMARTS) is 1. The Hall–Kier alpha value is -2.35. The van der Waals surface area contributed by atoms with E-state index in [9.17, 15) is 18.7 Å². The molecule has 1 unspecified atom stereocenters. The van der Waals surface area contributed by atoms with Gasteiger partial charge in [-0.2, -0.15) is 0 Å². The number of ether oxygens (including phenoxy) is 1. The van der Waals surface area contributed by atoms with E-state index in [1.807, 2.05) is 0 Å². The molecular formula is C18H15ClNO5S-. The van der Waals surface area contributed by atoms with Crippen LogP contribution in [0.3, 0.4) is 0 Å². The summed E-state index contributed by atoms with van der Waals surface area (Å²) in [4.78, 5) is 11.2. The van der Waals surface area contributed by atoms with Gasteiger partial charge in [-0.05, 0) is 48.9 Å². The summed E-state index contributed by atoms with van der Waals surface area (Å²) in [6.07, 6.45) is 0. The third-order valence-electron chi connectivity index (χ3n) is 3.94. The number of carboxylic acids is 1. The molecule has 0 bridgehead atoms. The summed E-state index contributed by atoms with van der Waals surface area (Å²) in [5.74, 6) is -0.0704. The van der Waals surface area contributed by atoms with E-state index in [1.54, 1.807) is 54.0 Å². The van der Waals surface area contributed by atoms with E-state index in [0.29, 0.717) is 38.7 Å². The van der Waals surface area contributed by atoms with E-state index < -0.39 is 17.0 Å². The molecule has 6 nitrogen and oxygen atoms in total. The molecule has 1 aromatic heterocycles. The van der Waals surface area contributed by atoms with E-state index in [4.69, 9.17) is 16.3 Å². The van der Waals surface area contributed by atoms with Gasteiger partial charge >= 0.3 is 5.97 Å². The third kappa shape index (κ3) is 3.90. The zero-order chi connectivity index (χ0) is 18.8. The number of aliphatic carboxylic acids is 1. The lowest BCUT2D eigenvalue weighted by Crippen LogP contribution is -2.09. The Morgan fingerprint density at radius 2 is 1.96 bits per heavy atom. The SMILES string of the molecule is Cc1c(Oc2ccc(Cl)cc2)c2cc(CS(=O)[O-])ccc2n1CC(=O)O. The number of halogens is 1. The van der Waals surface area contributed by atoms with E-state index in [-0.39, 0.29) is 12.3 Å². The minimum absolute atomic E-state index is 0.126. The van der Waals surface area contributed by atoms with Gasteiger partial charge in [0, 0.05) is 16.2 Å². The third-order valence-corrected chi connectivity index (χ3v) is 4.76. The van der Waals surface area contributed by atoms with Crippen molar-refractivity contribution in [2.45, 2.75) is 19.2 Å². The number of hydrogen-bond acceptors (Lipinski definition) is 4. The molecule has 26 heavy (non-hydrogen) atoms. The van der Waals surface area contributed by atoms with Gasteiger partial charge < -0.3 is 19.0 Å². The molecule has 0 spiro atoms. The van der Waals surface area contributed by atoms with Crippen LogP contribution in [0.5, 0.6) is 11.5 Å². The smallest absolute Gasteiger partial charge is 0.323 e. The molecule has 1 heterocycles. The topological polar surface area (TPSA) is 91.6 Å². The maximum atomic E-state index is 11.2. The van der Waals surface area contributed by atoms with E-state index >= 15 is 0 Å². The van der Waals surface area contributed by atoms with Crippen LogP contribution < -0.4 is 4.74 Å². The van der Waals surface area contributed by atoms with Crippen LogP contribution in [0.15, 0.2) is 42.5 Å². The molecule has 2 aromatic carbocycles. The lowest BCUT2D eigenvalue weighted by atomic mass is 10.1. The summed E-state index contributed by atoms with van der Waals surface area (Å²) in [6, 6.07) is 11.9. The minimum atomic E-state index is -2.22. The predicted octanol–water partition coefficient (Wildman–Crippen LogP) is 3.86. The molecule has 0 radical (unpaired) electrons. The van der Waals surface area contributed by atoms with Crippen molar-refractivity contribution < 1.29 is 23.4 Å². The van der Waals surface area contributed by atoms with Crippen molar-refractivity contribution >= 4 is 39.6 Å². The fourth-order valence-corrected chi connectivity index (χ4v) is 3.39. The molecule has 0 fully saturated rings. The number of benzene rings is 2. The van der Waals surface area contributed by atoms with Gasteiger partial charge in [0.05, 0.1) is 11.2 Å². The Bertz CT molecular complexity index is 997. The lowest BCUT2D eigenvalue weighted by Gasteiger charge is -2.08. The maximum absolute atomic E-state index is 11.2. The first kappa shape index (κ1) is 18.4. The van der Waals surface area contributed by atoms with Gasteiger partial charge in [-0.25, -0.2) is 0 Å². The zero-order valence-electron chi connectivity index (χ0n) is 13.8. The van der Waals surface area contributed by atoms with E-state index in [1.165, 1.54) is 0 Å². The normalized spacial score (nSPS) is 12.3. The number of rotatable bonds is 6. The minimum Gasteiger partial charge on any atom is -0.772 e. The second-order valence-corrected chi connectivity index (χ2v) is 7.08. The first-order valence-corrected chi connectivity index (χ1v) is 9.30. The molecule has 0 aliphatic rings. The summed E-state index contributed by atoms with van der Waals surface area (Å²) < 4.78 is 29.6. The van der Waals surface area contributed by atoms with Gasteiger partial charge in [0.25, 0.3) is 0 Å². The van der Waals surface area contributed by atoms with Crippen LogP contribution >= 0.6 is 11.6 Å². The summed E-state index contributed by atoms with van der Waals surface area (Å²) in [6.45, 7) is 1.54. The van der Waals surface area contributed by atoms with Gasteiger partial charge in [-0.15, -0.1) is 0 Å². The highest BCUT2D eigenvalue weighted by Gasteiger charge is 2.18. The fraction of sp³-hybridized carbons (Fsp3) is 0.167. The Balaban J connectivity index is 2.14. The Labute approximate surface area is 157 Å². The van der Waals surface area contributed by atoms with Crippen LogP contribution in [-0.4, -0.2) is 24.4 Å². The molecule has 0 amide bonds. The lowest BCUT2D eigenvalue weighted by molar-refractivity contribution is -0.137. The zero-order valence-corrected chi connectivity index (χ0v) is 15.3. The molecule has 1 N–H and O–H groups in total. The molecule has 3 rings (SSSR count). The largest absolute Gasteiger partial charge is 0.772 e. The maximum Gasteiger partial charge on any atom is 0.323 e. The van der Waals surface area contributed by atoms with Crippen molar-refractivity contribution in [3.8, 4) is 11.5 Å². The van der Waals surface area contributed by atoms with Crippen molar-refractivity contribution in [1.82, 2.24) is 4.57 Å². The molecule has 0 saturated heterocycles. The monoisotopic (exact) mass is 392 g/mol. The Kier molecular flexibility index (Phi) is 5.31. The van der Waals surface area contributed by atoms with Gasteiger partial charge in [0.2, 0.25) is 0 Å². The fourth-order valence-electron chi connectivity index (χ4n) is 2.81. The molecule has 0 aliphatic heterocycles. The standard InChI is InChI=1S/C18H16ClNO5S/c1-11-18(25-14-5-3-13(19)4-6-14)15-8-12(10-26(23)24)2-7-16(15)20(11)9-17(21)22/h2-8H,9-10H2,1H3,(H,21,22)(H,23,24)/p-1. The number of hydrogen-bond donors (Lipinski definition) is 1. The highest BCUT2D eigenvalue weighted by atomic mass is 35.5. The first-order chi connectivity index (χ1) is 12.3. The number of carbonyl (C=O) groups is 1. The predicted molar refractivity (Wildman–Crippen MR) is 98.5 cm³/mol. The van der Waals surface area contributed by atoms with Crippen LogP contribution in [0.4, 0.5) is 0 Å². The molecule has 0 aliphatic carbocycles. The second-order valence-electron chi connectivity index (χ2n) is 5.75. The Morgan fingerprint density at radius 3 is 2.58 bits per heavy atom. The van der Waals surface area contributed by atoms with Crippen LogP contribution in [0.25, 0.3) is 10.9 Å². The highest BCUT2D eigenvalue weighted by molar-refractivity contribution is 7.78. The second kappa shape index (κ2) is 7.49. The van der Waals surface area contributed by atoms with Gasteiger partial charge in [-0.3, -0.25) is 9.00 Å². The van der Waals surface area contributed by atoms with Crippen molar-refractivity contribution in [3.63, 3.8) is 0 Å². The van der Waals surface area contributed by atoms with Crippen LogP contribution in [0, 0.1) is 6.92 Å². The van der Waals surface area contributed by atoms with Gasteiger partial charge in [-0.1, -0.05) is 28.7 Å².